The fourth-order valence-electron chi connectivity index (χ4n) is 1.14. The van der Waals surface area contributed by atoms with E-state index in [1.165, 1.54) is 12.4 Å². The normalized spacial score (nSPS) is 15.2. The van der Waals surface area contributed by atoms with Crippen molar-refractivity contribution < 1.29 is 4.92 Å². The third kappa shape index (κ3) is 1.77. The molecule has 5 nitrogen and oxygen atoms in total. The van der Waals surface area contributed by atoms with Crippen molar-refractivity contribution in [2.24, 2.45) is 0 Å². The highest BCUT2D eigenvalue weighted by Gasteiger charge is 2.26. The first kappa shape index (κ1) is 9.21. The van der Waals surface area contributed by atoms with Gasteiger partial charge in [0.1, 0.15) is 11.9 Å². The summed E-state index contributed by atoms with van der Waals surface area (Å²) in [6.07, 6.45) is 4.68. The molecule has 0 radical (unpaired) electrons. The summed E-state index contributed by atoms with van der Waals surface area (Å²) in [7, 11) is 0. The Bertz CT molecular complexity index is 379. The molecule has 0 saturated heterocycles. The molecule has 14 heavy (non-hydrogen) atoms. The van der Waals surface area contributed by atoms with E-state index < -0.39 is 4.92 Å². The van der Waals surface area contributed by atoms with Crippen molar-refractivity contribution in [2.75, 3.05) is 5.32 Å². The number of halogens is 1. The Hall–Kier alpha value is -1.36. The third-order valence-corrected chi connectivity index (χ3v) is 2.29. The molecule has 1 saturated carbocycles. The summed E-state index contributed by atoms with van der Waals surface area (Å²) in [6, 6.07) is 0.327. The van der Waals surface area contributed by atoms with Crippen LogP contribution in [0.5, 0.6) is 0 Å². The number of nitro groups is 1. The average molecular weight is 214 g/mol. The number of anilines is 1. The van der Waals surface area contributed by atoms with Crippen LogP contribution in [0.1, 0.15) is 12.8 Å². The lowest BCUT2D eigenvalue weighted by molar-refractivity contribution is -0.384. The number of aromatic nitrogens is 1. The molecule has 1 N–H and O–H groups in total. The van der Waals surface area contributed by atoms with Crippen molar-refractivity contribution in [1.82, 2.24) is 4.98 Å². The summed E-state index contributed by atoms with van der Waals surface area (Å²) in [5.41, 5.74) is 0.318. The van der Waals surface area contributed by atoms with Gasteiger partial charge in [0.2, 0.25) is 0 Å². The molecule has 1 aromatic heterocycles. The third-order valence-electron chi connectivity index (χ3n) is 2.00. The number of nitrogens with zero attached hydrogens (tertiary/aromatic N) is 2. The number of rotatable bonds is 3. The predicted molar refractivity (Wildman–Crippen MR) is 52.5 cm³/mol. The molecule has 1 aliphatic rings. The molecule has 0 bridgehead atoms. The van der Waals surface area contributed by atoms with Gasteiger partial charge in [0.15, 0.2) is 0 Å². The van der Waals surface area contributed by atoms with Crippen molar-refractivity contribution in [3.05, 3.63) is 27.5 Å². The molecule has 0 atom stereocenters. The van der Waals surface area contributed by atoms with Gasteiger partial charge in [0, 0.05) is 12.2 Å². The van der Waals surface area contributed by atoms with Crippen LogP contribution in [-0.2, 0) is 0 Å². The number of hydrogen-bond donors (Lipinski definition) is 1. The second kappa shape index (κ2) is 3.42. The Morgan fingerprint density at radius 1 is 1.57 bits per heavy atom. The van der Waals surface area contributed by atoms with Crippen LogP contribution in [0.3, 0.4) is 0 Å². The van der Waals surface area contributed by atoms with E-state index in [2.05, 4.69) is 10.3 Å². The maximum absolute atomic E-state index is 10.6. The molecule has 0 aliphatic heterocycles. The van der Waals surface area contributed by atoms with Gasteiger partial charge in [0.05, 0.1) is 9.95 Å². The molecule has 1 heterocycles. The minimum absolute atomic E-state index is 0.0654. The van der Waals surface area contributed by atoms with Crippen LogP contribution in [0.4, 0.5) is 11.4 Å². The van der Waals surface area contributed by atoms with Crippen LogP contribution >= 0.6 is 11.6 Å². The van der Waals surface area contributed by atoms with Gasteiger partial charge >= 0.3 is 5.69 Å². The van der Waals surface area contributed by atoms with Crippen LogP contribution in [0, 0.1) is 10.1 Å². The van der Waals surface area contributed by atoms with Crippen LogP contribution in [0.25, 0.3) is 0 Å². The summed E-state index contributed by atoms with van der Waals surface area (Å²) < 4.78 is 0. The standard InChI is InChI=1S/C8H8ClN3O2/c9-6-3-10-4-7(12(13)14)8(6)11-5-1-2-5/h3-5H,1-2H2,(H,10,11). The highest BCUT2D eigenvalue weighted by atomic mass is 35.5. The molecule has 6 heteroatoms. The van der Waals surface area contributed by atoms with E-state index in [-0.39, 0.29) is 5.69 Å². The Kier molecular flexibility index (Phi) is 2.25. The first-order chi connectivity index (χ1) is 6.68. The first-order valence-electron chi connectivity index (χ1n) is 4.23. The fraction of sp³-hybridized carbons (Fsp3) is 0.375. The average Bonchev–Trinajstić information content (AvgIpc) is 2.91. The molecule has 1 aliphatic carbocycles. The van der Waals surface area contributed by atoms with E-state index in [0.717, 1.165) is 12.8 Å². The van der Waals surface area contributed by atoms with Crippen molar-refractivity contribution in [2.45, 2.75) is 18.9 Å². The van der Waals surface area contributed by atoms with Crippen LogP contribution < -0.4 is 5.32 Å². The Morgan fingerprint density at radius 3 is 2.86 bits per heavy atom. The van der Waals surface area contributed by atoms with Gasteiger partial charge in [-0.15, -0.1) is 0 Å². The van der Waals surface area contributed by atoms with Gasteiger partial charge in [-0.25, -0.2) is 0 Å². The second-order valence-corrected chi connectivity index (χ2v) is 3.60. The predicted octanol–water partition coefficient (Wildman–Crippen LogP) is 2.22. The van der Waals surface area contributed by atoms with Crippen LogP contribution in [0.2, 0.25) is 5.02 Å². The zero-order chi connectivity index (χ0) is 10.1. The van der Waals surface area contributed by atoms with E-state index >= 15 is 0 Å². The summed E-state index contributed by atoms with van der Waals surface area (Å²) in [5, 5.41) is 14.0. The van der Waals surface area contributed by atoms with E-state index in [4.69, 9.17) is 11.6 Å². The monoisotopic (exact) mass is 213 g/mol. The Balaban J connectivity index is 2.36. The molecule has 0 unspecified atom stereocenters. The van der Waals surface area contributed by atoms with Gasteiger partial charge in [-0.2, -0.15) is 0 Å². The van der Waals surface area contributed by atoms with E-state index in [0.29, 0.717) is 16.8 Å². The van der Waals surface area contributed by atoms with Crippen LogP contribution in [-0.4, -0.2) is 15.9 Å². The quantitative estimate of drug-likeness (QED) is 0.618. The largest absolute Gasteiger partial charge is 0.375 e. The maximum Gasteiger partial charge on any atom is 0.311 e. The molecule has 0 spiro atoms. The molecule has 1 aromatic rings. The number of pyridine rings is 1. The minimum Gasteiger partial charge on any atom is -0.375 e. The molecule has 1 fully saturated rings. The second-order valence-electron chi connectivity index (χ2n) is 3.19. The smallest absolute Gasteiger partial charge is 0.311 e. The molecular formula is C8H8ClN3O2. The van der Waals surface area contributed by atoms with E-state index in [1.54, 1.807) is 0 Å². The molecule has 0 aromatic carbocycles. The van der Waals surface area contributed by atoms with Gasteiger partial charge in [-0.3, -0.25) is 15.1 Å². The Morgan fingerprint density at radius 2 is 2.29 bits per heavy atom. The number of nitrogens with one attached hydrogen (secondary N) is 1. The summed E-state index contributed by atoms with van der Waals surface area (Å²) >= 11 is 5.82. The summed E-state index contributed by atoms with van der Waals surface area (Å²) in [5.74, 6) is 0. The summed E-state index contributed by atoms with van der Waals surface area (Å²) in [6.45, 7) is 0. The first-order valence-corrected chi connectivity index (χ1v) is 4.60. The summed E-state index contributed by atoms with van der Waals surface area (Å²) in [4.78, 5) is 13.8. The van der Waals surface area contributed by atoms with Gasteiger partial charge < -0.3 is 5.32 Å². The van der Waals surface area contributed by atoms with Crippen molar-refractivity contribution in [3.63, 3.8) is 0 Å². The Labute approximate surface area is 85.2 Å². The van der Waals surface area contributed by atoms with Crippen molar-refractivity contribution in [1.29, 1.82) is 0 Å². The number of hydrogen-bond acceptors (Lipinski definition) is 4. The van der Waals surface area contributed by atoms with Crippen LogP contribution in [0.15, 0.2) is 12.4 Å². The van der Waals surface area contributed by atoms with E-state index in [9.17, 15) is 10.1 Å². The van der Waals surface area contributed by atoms with Gasteiger partial charge in [-0.05, 0) is 12.8 Å². The van der Waals surface area contributed by atoms with Gasteiger partial charge in [-0.1, -0.05) is 11.6 Å². The molecule has 2 rings (SSSR count). The molecule has 0 amide bonds. The lowest BCUT2D eigenvalue weighted by Crippen LogP contribution is -2.05. The zero-order valence-corrected chi connectivity index (χ0v) is 7.99. The lowest BCUT2D eigenvalue weighted by atomic mass is 10.3. The maximum atomic E-state index is 10.6. The van der Waals surface area contributed by atoms with Crippen molar-refractivity contribution >= 4 is 23.0 Å². The minimum atomic E-state index is -0.483. The highest BCUT2D eigenvalue weighted by Crippen LogP contribution is 2.35. The van der Waals surface area contributed by atoms with Gasteiger partial charge in [0.25, 0.3) is 0 Å². The van der Waals surface area contributed by atoms with E-state index in [1.807, 2.05) is 0 Å². The molecule has 74 valence electrons. The van der Waals surface area contributed by atoms with Crippen molar-refractivity contribution in [3.8, 4) is 0 Å². The fourth-order valence-corrected chi connectivity index (χ4v) is 1.35. The SMILES string of the molecule is O=[N+]([O-])c1cncc(Cl)c1NC1CC1. The molecular weight excluding hydrogens is 206 g/mol. The zero-order valence-electron chi connectivity index (χ0n) is 7.24. The topological polar surface area (TPSA) is 68.1 Å². The highest BCUT2D eigenvalue weighted by molar-refractivity contribution is 6.33. The lowest BCUT2D eigenvalue weighted by Gasteiger charge is -2.06.